The van der Waals surface area contributed by atoms with Crippen molar-refractivity contribution in [3.05, 3.63) is 55.5 Å². The van der Waals surface area contributed by atoms with E-state index >= 15 is 0 Å². The van der Waals surface area contributed by atoms with Gasteiger partial charge in [0.15, 0.2) is 11.5 Å². The van der Waals surface area contributed by atoms with Crippen molar-refractivity contribution in [3.8, 4) is 11.5 Å². The lowest BCUT2D eigenvalue weighted by atomic mass is 9.59. The molecular formula is C22H20Cl4O2. The first-order valence-corrected chi connectivity index (χ1v) is 11.2. The molecule has 2 nitrogen and oxygen atoms in total. The maximum absolute atomic E-state index is 10.1. The van der Waals surface area contributed by atoms with Gasteiger partial charge >= 0.3 is 0 Å². The molecule has 0 spiro atoms. The number of halogens is 4. The molecule has 148 valence electrons. The zero-order valence-corrected chi connectivity index (χ0v) is 18.1. The number of hydrogen-bond donors (Lipinski definition) is 2. The van der Waals surface area contributed by atoms with Crippen LogP contribution in [0.5, 0.6) is 11.5 Å². The summed E-state index contributed by atoms with van der Waals surface area (Å²) in [6.07, 6.45) is 5.99. The molecule has 3 aliphatic carbocycles. The highest BCUT2D eigenvalue weighted by Gasteiger charge is 2.62. The molecule has 0 amide bonds. The SMILES string of the molecule is Oc1c(Cl)cc(C2(c3cc(Cl)c(O)c(Cl)c3)CC3CC2C2CCCC32)cc1Cl. The van der Waals surface area contributed by atoms with E-state index in [9.17, 15) is 10.2 Å². The van der Waals surface area contributed by atoms with Gasteiger partial charge in [-0.3, -0.25) is 0 Å². The number of fused-ring (bicyclic) bond motifs is 5. The number of rotatable bonds is 2. The van der Waals surface area contributed by atoms with Crippen LogP contribution in [0.2, 0.25) is 20.1 Å². The summed E-state index contributed by atoms with van der Waals surface area (Å²) >= 11 is 25.3. The van der Waals surface area contributed by atoms with Gasteiger partial charge in [0, 0.05) is 5.41 Å². The minimum atomic E-state index is -0.321. The maximum atomic E-state index is 10.1. The highest BCUT2D eigenvalue weighted by molar-refractivity contribution is 6.37. The third kappa shape index (κ3) is 2.54. The molecule has 2 bridgehead atoms. The van der Waals surface area contributed by atoms with Gasteiger partial charge in [-0.15, -0.1) is 0 Å². The molecule has 0 radical (unpaired) electrons. The van der Waals surface area contributed by atoms with E-state index in [1.54, 1.807) is 0 Å². The highest BCUT2D eigenvalue weighted by Crippen LogP contribution is 2.68. The Kier molecular flexibility index (Phi) is 4.52. The Hall–Kier alpha value is -0.800. The second kappa shape index (κ2) is 6.60. The molecular weight excluding hydrogens is 438 g/mol. The Morgan fingerprint density at radius 3 is 1.71 bits per heavy atom. The second-order valence-electron chi connectivity index (χ2n) is 8.61. The predicted octanol–water partition coefficient (Wildman–Crippen LogP) is 7.45. The quantitative estimate of drug-likeness (QED) is 0.491. The number of hydrogen-bond acceptors (Lipinski definition) is 2. The normalized spacial score (nSPS) is 30.0. The molecule has 3 fully saturated rings. The van der Waals surface area contributed by atoms with Crippen LogP contribution in [0.3, 0.4) is 0 Å². The number of benzene rings is 2. The minimum absolute atomic E-state index is 0.0918. The van der Waals surface area contributed by atoms with Crippen molar-refractivity contribution in [3.63, 3.8) is 0 Å². The molecule has 5 rings (SSSR count). The molecule has 4 unspecified atom stereocenters. The molecule has 0 heterocycles. The number of phenols is 2. The topological polar surface area (TPSA) is 40.5 Å². The summed E-state index contributed by atoms with van der Waals surface area (Å²) in [7, 11) is 0. The molecule has 3 aliphatic rings. The van der Waals surface area contributed by atoms with E-state index in [1.165, 1.54) is 25.7 Å². The lowest BCUT2D eigenvalue weighted by Gasteiger charge is -2.44. The van der Waals surface area contributed by atoms with E-state index < -0.39 is 0 Å². The fourth-order valence-corrected chi connectivity index (χ4v) is 7.60. The Labute approximate surface area is 184 Å². The summed E-state index contributed by atoms with van der Waals surface area (Å²) in [5.41, 5.74) is 1.67. The fraction of sp³-hybridized carbons (Fsp3) is 0.455. The molecule has 3 saturated carbocycles. The summed E-state index contributed by atoms with van der Waals surface area (Å²) in [6, 6.07) is 7.34. The van der Waals surface area contributed by atoms with Crippen molar-refractivity contribution in [2.45, 2.75) is 37.5 Å². The van der Waals surface area contributed by atoms with Gasteiger partial charge in [0.05, 0.1) is 20.1 Å². The van der Waals surface area contributed by atoms with E-state index in [0.717, 1.165) is 23.5 Å². The van der Waals surface area contributed by atoms with Gasteiger partial charge in [0.2, 0.25) is 0 Å². The Morgan fingerprint density at radius 2 is 1.21 bits per heavy atom. The summed E-state index contributed by atoms with van der Waals surface area (Å²) in [5, 5.41) is 21.2. The van der Waals surface area contributed by atoms with Gasteiger partial charge in [-0.25, -0.2) is 0 Å². The first-order valence-electron chi connectivity index (χ1n) is 9.70. The second-order valence-corrected chi connectivity index (χ2v) is 10.2. The summed E-state index contributed by atoms with van der Waals surface area (Å²) in [6.45, 7) is 0. The van der Waals surface area contributed by atoms with Gasteiger partial charge in [0.25, 0.3) is 0 Å². The average molecular weight is 458 g/mol. The van der Waals surface area contributed by atoms with Crippen molar-refractivity contribution in [1.82, 2.24) is 0 Å². The largest absolute Gasteiger partial charge is 0.505 e. The van der Waals surface area contributed by atoms with Gasteiger partial charge in [-0.05, 0) is 84.7 Å². The summed E-state index contributed by atoms with van der Waals surface area (Å²) in [5.74, 6) is 2.37. The van der Waals surface area contributed by atoms with E-state index in [0.29, 0.717) is 17.8 Å². The Bertz CT molecular complexity index is 869. The zero-order valence-electron chi connectivity index (χ0n) is 15.1. The van der Waals surface area contributed by atoms with Crippen molar-refractivity contribution >= 4 is 46.4 Å². The van der Waals surface area contributed by atoms with Crippen LogP contribution in [0.1, 0.15) is 43.2 Å². The van der Waals surface area contributed by atoms with Crippen LogP contribution in [0.4, 0.5) is 0 Å². The lowest BCUT2D eigenvalue weighted by molar-refractivity contribution is 0.181. The van der Waals surface area contributed by atoms with Crippen LogP contribution < -0.4 is 0 Å². The molecule has 0 aromatic heterocycles. The van der Waals surface area contributed by atoms with Gasteiger partial charge in [-0.1, -0.05) is 52.8 Å². The monoisotopic (exact) mass is 456 g/mol. The van der Waals surface area contributed by atoms with Crippen molar-refractivity contribution in [2.75, 3.05) is 0 Å². The van der Waals surface area contributed by atoms with E-state index in [4.69, 9.17) is 46.4 Å². The molecule has 2 N–H and O–H groups in total. The van der Waals surface area contributed by atoms with Crippen LogP contribution in [-0.2, 0) is 5.41 Å². The minimum Gasteiger partial charge on any atom is -0.505 e. The molecule has 2 aromatic rings. The fourth-order valence-electron chi connectivity index (χ4n) is 6.62. The average Bonchev–Trinajstić information content (AvgIpc) is 3.35. The standard InChI is InChI=1S/C22H20Cl4O2/c23-16-5-11(6-17(24)20(16)27)22(12-7-18(25)21(28)19(26)8-12)9-10-4-15(22)14-3-1-2-13(10)14/h5-8,10,13-15,27-28H,1-4,9H2. The third-order valence-corrected chi connectivity index (χ3v) is 8.74. The van der Waals surface area contributed by atoms with Crippen LogP contribution in [0.25, 0.3) is 0 Å². The van der Waals surface area contributed by atoms with Crippen LogP contribution in [0.15, 0.2) is 24.3 Å². The molecule has 28 heavy (non-hydrogen) atoms. The van der Waals surface area contributed by atoms with Crippen molar-refractivity contribution < 1.29 is 10.2 Å². The smallest absolute Gasteiger partial charge is 0.152 e. The molecule has 0 aliphatic heterocycles. The van der Waals surface area contributed by atoms with Crippen LogP contribution >= 0.6 is 46.4 Å². The van der Waals surface area contributed by atoms with Crippen molar-refractivity contribution in [1.29, 1.82) is 0 Å². The van der Waals surface area contributed by atoms with E-state index in [-0.39, 0.29) is 37.0 Å². The van der Waals surface area contributed by atoms with E-state index in [2.05, 4.69) is 0 Å². The number of phenolic OH excluding ortho intramolecular Hbond substituents is 2. The van der Waals surface area contributed by atoms with Crippen molar-refractivity contribution in [2.24, 2.45) is 23.7 Å². The Morgan fingerprint density at radius 1 is 0.750 bits per heavy atom. The predicted molar refractivity (Wildman–Crippen MR) is 114 cm³/mol. The first kappa shape index (κ1) is 19.2. The Balaban J connectivity index is 1.75. The molecule has 6 heteroatoms. The van der Waals surface area contributed by atoms with Gasteiger partial charge in [-0.2, -0.15) is 0 Å². The van der Waals surface area contributed by atoms with Gasteiger partial charge in [0.1, 0.15) is 0 Å². The van der Waals surface area contributed by atoms with E-state index in [1.807, 2.05) is 24.3 Å². The highest BCUT2D eigenvalue weighted by atomic mass is 35.5. The lowest BCUT2D eigenvalue weighted by Crippen LogP contribution is -2.40. The first-order chi connectivity index (χ1) is 13.3. The zero-order chi connectivity index (χ0) is 19.8. The van der Waals surface area contributed by atoms with Gasteiger partial charge < -0.3 is 10.2 Å². The molecule has 0 saturated heterocycles. The maximum Gasteiger partial charge on any atom is 0.152 e. The molecule has 4 atom stereocenters. The summed E-state index contributed by atoms with van der Waals surface area (Å²) in [4.78, 5) is 0. The summed E-state index contributed by atoms with van der Waals surface area (Å²) < 4.78 is 0. The molecule has 2 aromatic carbocycles. The van der Waals surface area contributed by atoms with Crippen LogP contribution in [0, 0.1) is 23.7 Å². The number of aromatic hydroxyl groups is 2. The van der Waals surface area contributed by atoms with Crippen LogP contribution in [-0.4, -0.2) is 10.2 Å². The third-order valence-electron chi connectivity index (χ3n) is 7.59.